The molecule has 2 rings (SSSR count). The molecule has 19 heavy (non-hydrogen) atoms. The Morgan fingerprint density at radius 3 is 2.79 bits per heavy atom. The topological polar surface area (TPSA) is 29.9 Å². The van der Waals surface area contributed by atoms with E-state index in [4.69, 9.17) is 23.2 Å². The monoisotopic (exact) mass is 303 g/mol. The van der Waals surface area contributed by atoms with Crippen LogP contribution in [0.5, 0.6) is 0 Å². The normalized spacial score (nSPS) is 24.4. The Bertz CT molecular complexity index is 417. The van der Waals surface area contributed by atoms with Gasteiger partial charge in [0.15, 0.2) is 0 Å². The molecule has 0 aliphatic heterocycles. The molecule has 2 unspecified atom stereocenters. The first kappa shape index (κ1) is 15.1. The van der Waals surface area contributed by atoms with Gasteiger partial charge >= 0.3 is 0 Å². The maximum Gasteiger partial charge on any atom is 0.0860 e. The van der Waals surface area contributed by atoms with Crippen molar-refractivity contribution in [1.29, 1.82) is 0 Å². The van der Waals surface area contributed by atoms with Crippen molar-refractivity contribution in [1.82, 2.24) is 15.1 Å². The summed E-state index contributed by atoms with van der Waals surface area (Å²) in [6.45, 7) is 5.64. The number of hydrogen-bond acceptors (Lipinski definition) is 2. The van der Waals surface area contributed by atoms with Crippen molar-refractivity contribution in [3.05, 3.63) is 16.4 Å². The van der Waals surface area contributed by atoms with E-state index < -0.39 is 0 Å². The number of hydrogen-bond donors (Lipinski definition) is 1. The second-order valence-electron chi connectivity index (χ2n) is 5.30. The summed E-state index contributed by atoms with van der Waals surface area (Å²) in [5.41, 5.74) is 1.98. The molecular formula is C14H23Cl2N3. The average Bonchev–Trinajstić information content (AvgIpc) is 2.56. The molecule has 5 heteroatoms. The van der Waals surface area contributed by atoms with Gasteiger partial charge in [-0.1, -0.05) is 30.9 Å². The van der Waals surface area contributed by atoms with Gasteiger partial charge in [0.25, 0.3) is 0 Å². The van der Waals surface area contributed by atoms with Crippen LogP contribution in [-0.4, -0.2) is 21.2 Å². The third-order valence-corrected chi connectivity index (χ3v) is 4.93. The predicted octanol–water partition coefficient (Wildman–Crippen LogP) is 3.89. The van der Waals surface area contributed by atoms with Crippen molar-refractivity contribution < 1.29 is 0 Å². The summed E-state index contributed by atoms with van der Waals surface area (Å²) in [7, 11) is 0. The number of nitrogens with one attached hydrogen (secondary N) is 1. The third-order valence-electron chi connectivity index (χ3n) is 3.92. The largest absolute Gasteiger partial charge is 0.307 e. The van der Waals surface area contributed by atoms with Crippen LogP contribution >= 0.6 is 23.2 Å². The molecule has 2 atom stereocenters. The Morgan fingerprint density at radius 2 is 2.05 bits per heavy atom. The van der Waals surface area contributed by atoms with Gasteiger partial charge in [0.05, 0.1) is 16.4 Å². The summed E-state index contributed by atoms with van der Waals surface area (Å²) in [5.74, 6) is 0. The van der Waals surface area contributed by atoms with E-state index in [1.807, 2.05) is 11.6 Å². The van der Waals surface area contributed by atoms with Gasteiger partial charge in [0.1, 0.15) is 0 Å². The van der Waals surface area contributed by atoms with E-state index in [0.717, 1.165) is 42.3 Å². The number of rotatable bonds is 4. The molecule has 1 fully saturated rings. The molecule has 0 aromatic carbocycles. The van der Waals surface area contributed by atoms with Crippen LogP contribution in [0, 0.1) is 6.92 Å². The molecule has 1 aromatic heterocycles. The van der Waals surface area contributed by atoms with Gasteiger partial charge in [-0.3, -0.25) is 4.68 Å². The van der Waals surface area contributed by atoms with Crippen molar-refractivity contribution in [2.45, 2.75) is 70.5 Å². The maximum absolute atomic E-state index is 6.45. The lowest BCUT2D eigenvalue weighted by Gasteiger charge is -2.21. The average molecular weight is 304 g/mol. The minimum atomic E-state index is 0.236. The fourth-order valence-electron chi connectivity index (χ4n) is 2.76. The molecule has 108 valence electrons. The number of aryl methyl sites for hydroxylation is 2. The smallest absolute Gasteiger partial charge is 0.0860 e. The van der Waals surface area contributed by atoms with Crippen molar-refractivity contribution in [2.75, 3.05) is 0 Å². The van der Waals surface area contributed by atoms with E-state index in [-0.39, 0.29) is 5.38 Å². The van der Waals surface area contributed by atoms with Crippen molar-refractivity contribution in [2.24, 2.45) is 0 Å². The van der Waals surface area contributed by atoms with Gasteiger partial charge in [-0.15, -0.1) is 11.6 Å². The molecule has 1 heterocycles. The lowest BCUT2D eigenvalue weighted by Crippen LogP contribution is -2.36. The number of aromatic nitrogens is 2. The van der Waals surface area contributed by atoms with Gasteiger partial charge in [0, 0.05) is 24.5 Å². The van der Waals surface area contributed by atoms with Crippen LogP contribution in [-0.2, 0) is 13.1 Å². The molecule has 1 aromatic rings. The Kier molecular flexibility index (Phi) is 5.55. The molecule has 0 amide bonds. The van der Waals surface area contributed by atoms with Gasteiger partial charge in [-0.2, -0.15) is 5.10 Å². The zero-order valence-electron chi connectivity index (χ0n) is 11.8. The fraction of sp³-hybridized carbons (Fsp3) is 0.786. The van der Waals surface area contributed by atoms with Gasteiger partial charge in [-0.05, 0) is 26.7 Å². The third kappa shape index (κ3) is 3.65. The van der Waals surface area contributed by atoms with Crippen LogP contribution in [0.15, 0.2) is 0 Å². The SMILES string of the molecule is CCn1nc(C)c(Cl)c1CNC1CCCCCC1Cl. The molecule has 0 saturated heterocycles. The highest BCUT2D eigenvalue weighted by molar-refractivity contribution is 6.31. The highest BCUT2D eigenvalue weighted by Gasteiger charge is 2.22. The van der Waals surface area contributed by atoms with Crippen LogP contribution in [0.4, 0.5) is 0 Å². The van der Waals surface area contributed by atoms with Crippen LogP contribution in [0.3, 0.4) is 0 Å². The summed E-state index contributed by atoms with van der Waals surface area (Å²) in [6.07, 6.45) is 6.08. The zero-order chi connectivity index (χ0) is 13.8. The lowest BCUT2D eigenvalue weighted by atomic mass is 10.1. The standard InChI is InChI=1S/C14H23Cl2N3/c1-3-19-13(14(16)10(2)18-19)9-17-12-8-6-4-5-7-11(12)15/h11-12,17H,3-9H2,1-2H3. The zero-order valence-corrected chi connectivity index (χ0v) is 13.3. The number of alkyl halides is 1. The van der Waals surface area contributed by atoms with Crippen molar-refractivity contribution in [3.63, 3.8) is 0 Å². The molecule has 0 radical (unpaired) electrons. The molecule has 1 aliphatic carbocycles. The molecule has 1 N–H and O–H groups in total. The molecule has 1 aliphatic rings. The highest BCUT2D eigenvalue weighted by atomic mass is 35.5. The minimum absolute atomic E-state index is 0.236. The van der Waals surface area contributed by atoms with Crippen LogP contribution in [0.2, 0.25) is 5.02 Å². The van der Waals surface area contributed by atoms with E-state index >= 15 is 0 Å². The quantitative estimate of drug-likeness (QED) is 0.675. The van der Waals surface area contributed by atoms with Gasteiger partial charge in [0.2, 0.25) is 0 Å². The summed E-state index contributed by atoms with van der Waals surface area (Å²) < 4.78 is 1.98. The van der Waals surface area contributed by atoms with E-state index in [2.05, 4.69) is 17.3 Å². The second-order valence-corrected chi connectivity index (χ2v) is 6.24. The summed E-state index contributed by atoms with van der Waals surface area (Å²) >= 11 is 12.8. The van der Waals surface area contributed by atoms with E-state index in [1.165, 1.54) is 19.3 Å². The second kappa shape index (κ2) is 6.96. The first-order valence-electron chi connectivity index (χ1n) is 7.22. The Balaban J connectivity index is 2.01. The molecule has 0 bridgehead atoms. The first-order chi connectivity index (χ1) is 9.13. The van der Waals surface area contributed by atoms with Crippen LogP contribution in [0.1, 0.15) is 50.4 Å². The minimum Gasteiger partial charge on any atom is -0.307 e. The number of nitrogens with zero attached hydrogens (tertiary/aromatic N) is 2. The summed E-state index contributed by atoms with van der Waals surface area (Å²) in [5, 5.41) is 9.04. The maximum atomic E-state index is 6.45. The van der Waals surface area contributed by atoms with Gasteiger partial charge < -0.3 is 5.32 Å². The molecular weight excluding hydrogens is 281 g/mol. The molecule has 3 nitrogen and oxygen atoms in total. The summed E-state index contributed by atoms with van der Waals surface area (Å²) in [4.78, 5) is 0. The van der Waals surface area contributed by atoms with E-state index in [1.54, 1.807) is 0 Å². The lowest BCUT2D eigenvalue weighted by molar-refractivity contribution is 0.451. The van der Waals surface area contributed by atoms with Crippen LogP contribution in [0.25, 0.3) is 0 Å². The fourth-order valence-corrected chi connectivity index (χ4v) is 3.33. The highest BCUT2D eigenvalue weighted by Crippen LogP contribution is 2.24. The Hall–Kier alpha value is -0.250. The van der Waals surface area contributed by atoms with Gasteiger partial charge in [-0.25, -0.2) is 0 Å². The first-order valence-corrected chi connectivity index (χ1v) is 8.04. The van der Waals surface area contributed by atoms with Crippen LogP contribution < -0.4 is 5.32 Å². The van der Waals surface area contributed by atoms with Crippen molar-refractivity contribution >= 4 is 23.2 Å². The Morgan fingerprint density at radius 1 is 1.32 bits per heavy atom. The van der Waals surface area contributed by atoms with E-state index in [9.17, 15) is 0 Å². The predicted molar refractivity (Wildman–Crippen MR) is 81.0 cm³/mol. The molecule has 1 saturated carbocycles. The van der Waals surface area contributed by atoms with Crippen molar-refractivity contribution in [3.8, 4) is 0 Å². The number of halogens is 2. The summed E-state index contributed by atoms with van der Waals surface area (Å²) in [6, 6.07) is 0.390. The van der Waals surface area contributed by atoms with E-state index in [0.29, 0.717) is 6.04 Å². The molecule has 0 spiro atoms. The Labute approximate surface area is 125 Å².